The van der Waals surface area contributed by atoms with Gasteiger partial charge in [-0.1, -0.05) is 42.5 Å². The zero-order valence-electron chi connectivity index (χ0n) is 24.2. The van der Waals surface area contributed by atoms with Crippen LogP contribution in [0.1, 0.15) is 40.5 Å². The van der Waals surface area contributed by atoms with Crippen LogP contribution < -0.4 is 4.74 Å². The molecule has 0 saturated heterocycles. The highest BCUT2D eigenvalue weighted by Crippen LogP contribution is 2.17. The Morgan fingerprint density at radius 1 is 0.833 bits per heavy atom. The van der Waals surface area contributed by atoms with Gasteiger partial charge in [0.25, 0.3) is 5.91 Å². The van der Waals surface area contributed by atoms with Crippen molar-refractivity contribution < 1.29 is 23.5 Å². The van der Waals surface area contributed by atoms with Gasteiger partial charge < -0.3 is 23.8 Å². The lowest BCUT2D eigenvalue weighted by Crippen LogP contribution is -2.43. The first-order chi connectivity index (χ1) is 20.5. The van der Waals surface area contributed by atoms with E-state index in [-0.39, 0.29) is 24.2 Å². The summed E-state index contributed by atoms with van der Waals surface area (Å²) in [6.07, 6.45) is 2.57. The highest BCUT2D eigenvalue weighted by Gasteiger charge is 2.23. The van der Waals surface area contributed by atoms with E-state index < -0.39 is 0 Å². The molecule has 0 saturated carbocycles. The summed E-state index contributed by atoms with van der Waals surface area (Å²) in [7, 11) is 1.58. The van der Waals surface area contributed by atoms with E-state index >= 15 is 0 Å². The summed E-state index contributed by atoms with van der Waals surface area (Å²) in [5, 5.41) is 0. The van der Waals surface area contributed by atoms with E-state index in [1.807, 2.05) is 55.6 Å². The normalized spacial score (nSPS) is 10.8. The monoisotopic (exact) mass is 571 g/mol. The molecule has 0 fully saturated rings. The molecular weight excluding hydrogens is 533 g/mol. The van der Waals surface area contributed by atoms with Crippen LogP contribution in [0.3, 0.4) is 0 Å². The van der Waals surface area contributed by atoms with Crippen molar-refractivity contribution in [2.45, 2.75) is 33.0 Å². The first kappa shape index (κ1) is 30.5. The Labute approximate surface area is 247 Å². The second kappa shape index (κ2) is 15.5. The van der Waals surface area contributed by atoms with Gasteiger partial charge in [0, 0.05) is 50.3 Å². The summed E-state index contributed by atoms with van der Waals surface area (Å²) < 4.78 is 26.2. The van der Waals surface area contributed by atoms with Gasteiger partial charge in [-0.25, -0.2) is 4.39 Å². The predicted molar refractivity (Wildman–Crippen MR) is 161 cm³/mol. The number of carbonyl (C=O) groups excluding carboxylic acids is 2. The van der Waals surface area contributed by atoms with Crippen LogP contribution in [-0.2, 0) is 29.2 Å². The molecular formula is C34H38FN3O4. The molecule has 0 bridgehead atoms. The number of halogens is 1. The third-order valence-electron chi connectivity index (χ3n) is 6.98. The molecule has 4 rings (SSSR count). The number of rotatable bonds is 15. The average Bonchev–Trinajstić information content (AvgIpc) is 3.45. The molecule has 0 radical (unpaired) electrons. The molecule has 0 aliphatic heterocycles. The maximum atomic E-state index is 13.9. The van der Waals surface area contributed by atoms with Crippen LogP contribution in [0.25, 0.3) is 0 Å². The van der Waals surface area contributed by atoms with Gasteiger partial charge in [0.1, 0.15) is 18.1 Å². The Morgan fingerprint density at radius 3 is 2.26 bits per heavy atom. The maximum Gasteiger partial charge on any atom is 0.254 e. The van der Waals surface area contributed by atoms with Crippen molar-refractivity contribution in [3.63, 3.8) is 0 Å². The van der Waals surface area contributed by atoms with Crippen LogP contribution in [0.5, 0.6) is 5.75 Å². The Bertz CT molecular complexity index is 1400. The summed E-state index contributed by atoms with van der Waals surface area (Å²) in [4.78, 5) is 30.9. The molecule has 7 nitrogen and oxygen atoms in total. The predicted octanol–water partition coefficient (Wildman–Crippen LogP) is 5.78. The largest absolute Gasteiger partial charge is 0.497 e. The summed E-state index contributed by atoms with van der Waals surface area (Å²) >= 11 is 0. The lowest BCUT2D eigenvalue weighted by molar-refractivity contribution is -0.133. The first-order valence-corrected chi connectivity index (χ1v) is 14.2. The lowest BCUT2D eigenvalue weighted by atomic mass is 10.1. The Hall–Kier alpha value is -4.43. The minimum atomic E-state index is -0.277. The second-order valence-electron chi connectivity index (χ2n) is 9.99. The summed E-state index contributed by atoms with van der Waals surface area (Å²) in [5.41, 5.74) is 3.38. The van der Waals surface area contributed by atoms with Crippen molar-refractivity contribution in [1.29, 1.82) is 0 Å². The number of aromatic nitrogens is 1. The molecule has 0 spiro atoms. The van der Waals surface area contributed by atoms with Crippen molar-refractivity contribution in [3.05, 3.63) is 125 Å². The summed E-state index contributed by atoms with van der Waals surface area (Å²) in [6, 6.07) is 27.1. The van der Waals surface area contributed by atoms with Gasteiger partial charge in [-0.2, -0.15) is 0 Å². The van der Waals surface area contributed by atoms with E-state index in [9.17, 15) is 14.0 Å². The van der Waals surface area contributed by atoms with Crippen molar-refractivity contribution in [1.82, 2.24) is 14.4 Å². The van der Waals surface area contributed by atoms with Gasteiger partial charge >= 0.3 is 0 Å². The Kier molecular flexibility index (Phi) is 11.3. The quantitative estimate of drug-likeness (QED) is 0.170. The van der Waals surface area contributed by atoms with Crippen molar-refractivity contribution in [2.75, 3.05) is 33.4 Å². The van der Waals surface area contributed by atoms with E-state index in [1.165, 1.54) is 12.1 Å². The molecule has 1 heterocycles. The second-order valence-corrected chi connectivity index (χ2v) is 9.99. The van der Waals surface area contributed by atoms with E-state index in [4.69, 9.17) is 9.47 Å². The summed E-state index contributed by atoms with van der Waals surface area (Å²) in [6.45, 7) is 4.64. The smallest absolute Gasteiger partial charge is 0.254 e. The standard InChI is InChI=1S/C34H38FN3O4/c1-3-42-22-8-21-37(34(40)29-14-18-32(41-2)19-15-29)26-33(39)38(24-27-9-5-4-6-10-27)25-31-11-7-20-36(31)23-28-12-16-30(35)17-13-28/h4-7,9-20H,3,8,21-26H2,1-2H3. The van der Waals surface area contributed by atoms with Crippen LogP contribution in [-0.4, -0.2) is 59.6 Å². The van der Waals surface area contributed by atoms with E-state index in [2.05, 4.69) is 4.57 Å². The van der Waals surface area contributed by atoms with Crippen molar-refractivity contribution in [3.8, 4) is 5.75 Å². The fraction of sp³-hybridized carbons (Fsp3) is 0.294. The number of methoxy groups -OCH3 is 1. The number of amides is 2. The van der Waals surface area contributed by atoms with Gasteiger partial charge in [-0.05, 0) is 73.0 Å². The molecule has 1 aromatic heterocycles. The number of carbonyl (C=O) groups is 2. The third-order valence-corrected chi connectivity index (χ3v) is 6.98. The fourth-order valence-corrected chi connectivity index (χ4v) is 4.70. The number of hydrogen-bond donors (Lipinski definition) is 0. The zero-order chi connectivity index (χ0) is 29.7. The molecule has 4 aromatic rings. The minimum absolute atomic E-state index is 0.0670. The molecule has 220 valence electrons. The van der Waals surface area contributed by atoms with E-state index in [1.54, 1.807) is 53.3 Å². The highest BCUT2D eigenvalue weighted by molar-refractivity contribution is 5.96. The minimum Gasteiger partial charge on any atom is -0.497 e. The van der Waals surface area contributed by atoms with Crippen LogP contribution in [0, 0.1) is 5.82 Å². The number of nitrogens with zero attached hydrogens (tertiary/aromatic N) is 3. The Balaban J connectivity index is 1.55. The lowest BCUT2D eigenvalue weighted by Gasteiger charge is -2.28. The zero-order valence-corrected chi connectivity index (χ0v) is 24.2. The molecule has 8 heteroatoms. The van der Waals surface area contributed by atoms with Gasteiger partial charge in [0.15, 0.2) is 0 Å². The van der Waals surface area contributed by atoms with Gasteiger partial charge in [0.05, 0.1) is 13.7 Å². The first-order valence-electron chi connectivity index (χ1n) is 14.2. The molecule has 0 aliphatic rings. The molecule has 0 N–H and O–H groups in total. The average molecular weight is 572 g/mol. The van der Waals surface area contributed by atoms with Crippen LogP contribution >= 0.6 is 0 Å². The fourth-order valence-electron chi connectivity index (χ4n) is 4.70. The molecule has 42 heavy (non-hydrogen) atoms. The SMILES string of the molecule is CCOCCCN(CC(=O)N(Cc1ccccc1)Cc1cccn1Cc1ccc(F)cc1)C(=O)c1ccc(OC)cc1. The van der Waals surface area contributed by atoms with Crippen LogP contribution in [0.4, 0.5) is 4.39 Å². The molecule has 3 aromatic carbocycles. The topological polar surface area (TPSA) is 64.0 Å². The molecule has 0 unspecified atom stereocenters. The Morgan fingerprint density at radius 2 is 1.57 bits per heavy atom. The van der Waals surface area contributed by atoms with Crippen molar-refractivity contribution in [2.24, 2.45) is 0 Å². The van der Waals surface area contributed by atoms with Gasteiger partial charge in [-0.3, -0.25) is 9.59 Å². The molecule has 2 amide bonds. The number of ether oxygens (including phenoxy) is 2. The number of benzene rings is 3. The highest BCUT2D eigenvalue weighted by atomic mass is 19.1. The third kappa shape index (κ3) is 8.78. The van der Waals surface area contributed by atoms with Gasteiger partial charge in [0.2, 0.25) is 5.91 Å². The summed E-state index contributed by atoms with van der Waals surface area (Å²) in [5.74, 6) is -0.00203. The van der Waals surface area contributed by atoms with Crippen LogP contribution in [0.2, 0.25) is 0 Å². The van der Waals surface area contributed by atoms with Crippen LogP contribution in [0.15, 0.2) is 97.2 Å². The van der Waals surface area contributed by atoms with Gasteiger partial charge in [-0.15, -0.1) is 0 Å². The van der Waals surface area contributed by atoms with E-state index in [0.717, 1.165) is 16.8 Å². The molecule has 0 aliphatic carbocycles. The van der Waals surface area contributed by atoms with Crippen molar-refractivity contribution >= 4 is 11.8 Å². The van der Waals surface area contributed by atoms with E-state index in [0.29, 0.717) is 57.1 Å². The molecule has 0 atom stereocenters. The number of hydrogen-bond acceptors (Lipinski definition) is 4. The maximum absolute atomic E-state index is 13.9.